The van der Waals surface area contributed by atoms with E-state index in [0.717, 1.165) is 4.96 Å². The summed E-state index contributed by atoms with van der Waals surface area (Å²) in [6.07, 6.45) is 3.93. The van der Waals surface area contributed by atoms with E-state index in [9.17, 15) is 0 Å². The summed E-state index contributed by atoms with van der Waals surface area (Å²) in [6, 6.07) is 0. The standard InChI is InChI=1S/C4H3BN2S/c1-2-8-4-6-5-3-7(1)4/h1-3H. The maximum absolute atomic E-state index is 4.06. The predicted molar refractivity (Wildman–Crippen MR) is 34.4 cm³/mol. The minimum absolute atomic E-state index is 1.06. The zero-order chi connectivity index (χ0) is 5.40. The zero-order valence-corrected chi connectivity index (χ0v) is 4.93. The fourth-order valence-corrected chi connectivity index (χ4v) is 1.34. The van der Waals surface area contributed by atoms with Crippen molar-refractivity contribution in [3.05, 3.63) is 17.7 Å². The molecular weight excluding hydrogens is 119 g/mol. The summed E-state index contributed by atoms with van der Waals surface area (Å²) < 4.78 is 1.99. The number of hydrogen-bond donors (Lipinski definition) is 0. The number of rotatable bonds is 0. The van der Waals surface area contributed by atoms with Crippen molar-refractivity contribution in [1.82, 2.24) is 9.29 Å². The van der Waals surface area contributed by atoms with Gasteiger partial charge in [0.25, 0.3) is 0 Å². The Kier molecular flexibility index (Phi) is 0.756. The van der Waals surface area contributed by atoms with Crippen LogP contribution in [0, 0.1) is 0 Å². The fraction of sp³-hybridized carbons (Fsp3) is 0. The molecule has 2 aromatic rings. The molecule has 2 heterocycles. The molecule has 2 nitrogen and oxygen atoms in total. The Balaban J connectivity index is 3.06. The first-order valence-electron chi connectivity index (χ1n) is 2.33. The molecule has 2 aromatic heterocycles. The zero-order valence-electron chi connectivity index (χ0n) is 4.11. The average molecular weight is 122 g/mol. The molecule has 0 bridgehead atoms. The van der Waals surface area contributed by atoms with Crippen LogP contribution in [0.4, 0.5) is 0 Å². The second-order valence-corrected chi connectivity index (χ2v) is 2.39. The normalized spacial score (nSPS) is 10.0. The van der Waals surface area contributed by atoms with E-state index >= 15 is 0 Å². The molecule has 2 rings (SSSR count). The SMILES string of the molecule is b1cn2ccsc2n1. The average Bonchev–Trinajstić information content (AvgIpc) is 2.15. The van der Waals surface area contributed by atoms with Crippen molar-refractivity contribution in [2.75, 3.05) is 0 Å². The van der Waals surface area contributed by atoms with E-state index in [-0.39, 0.29) is 0 Å². The van der Waals surface area contributed by atoms with Gasteiger partial charge in [-0.15, -0.1) is 0 Å². The molecule has 0 amide bonds. The third-order valence-electron chi connectivity index (χ3n) is 1.03. The third kappa shape index (κ3) is 0.433. The van der Waals surface area contributed by atoms with Crippen molar-refractivity contribution in [1.29, 1.82) is 0 Å². The Morgan fingerprint density at radius 1 is 1.75 bits per heavy atom. The summed E-state index contributed by atoms with van der Waals surface area (Å²) in [6.45, 7) is 0. The molecule has 0 aliphatic heterocycles. The first kappa shape index (κ1) is 4.26. The Morgan fingerprint density at radius 3 is 3.62 bits per heavy atom. The summed E-state index contributed by atoms with van der Waals surface area (Å²) in [7, 11) is 1.80. The van der Waals surface area contributed by atoms with Crippen LogP contribution in [-0.4, -0.2) is 16.3 Å². The number of fused-ring (bicyclic) bond motifs is 1. The molecule has 8 heavy (non-hydrogen) atoms. The molecule has 4 heteroatoms. The second kappa shape index (κ2) is 1.42. The van der Waals surface area contributed by atoms with Gasteiger partial charge in [0.1, 0.15) is 0 Å². The molecule has 0 fully saturated rings. The summed E-state index contributed by atoms with van der Waals surface area (Å²) in [5.74, 6) is 0. The van der Waals surface area contributed by atoms with Crippen molar-refractivity contribution < 1.29 is 0 Å². The Labute approximate surface area is 51.0 Å². The van der Waals surface area contributed by atoms with Crippen molar-refractivity contribution in [2.24, 2.45) is 0 Å². The van der Waals surface area contributed by atoms with E-state index in [0.29, 0.717) is 0 Å². The number of nitrogens with zero attached hydrogens (tertiary/aromatic N) is 2. The molecule has 0 aliphatic carbocycles. The van der Waals surface area contributed by atoms with Gasteiger partial charge >= 0.3 is 50.3 Å². The second-order valence-electron chi connectivity index (χ2n) is 1.52. The van der Waals surface area contributed by atoms with Crippen LogP contribution in [0.25, 0.3) is 4.96 Å². The molecule has 0 aromatic carbocycles. The Morgan fingerprint density at radius 2 is 2.75 bits per heavy atom. The van der Waals surface area contributed by atoms with Gasteiger partial charge in [-0.25, -0.2) is 0 Å². The molecule has 0 saturated heterocycles. The number of hydrogen-bond acceptors (Lipinski definition) is 2. The van der Waals surface area contributed by atoms with Crippen molar-refractivity contribution in [3.8, 4) is 0 Å². The van der Waals surface area contributed by atoms with E-state index in [1.807, 2.05) is 22.1 Å². The first-order chi connectivity index (χ1) is 3.97. The maximum atomic E-state index is 4.06. The van der Waals surface area contributed by atoms with Crippen LogP contribution in [0.3, 0.4) is 0 Å². The van der Waals surface area contributed by atoms with E-state index < -0.39 is 0 Å². The summed E-state index contributed by atoms with van der Waals surface area (Å²) in [5.41, 5.74) is 0. The molecule has 0 radical (unpaired) electrons. The van der Waals surface area contributed by atoms with Crippen LogP contribution in [0.15, 0.2) is 17.7 Å². The van der Waals surface area contributed by atoms with Crippen LogP contribution in [-0.2, 0) is 0 Å². The minimum atomic E-state index is 1.06. The molecule has 0 aliphatic rings. The van der Waals surface area contributed by atoms with E-state index in [1.54, 1.807) is 18.4 Å². The first-order valence-corrected chi connectivity index (χ1v) is 3.21. The van der Waals surface area contributed by atoms with Crippen LogP contribution in [0.1, 0.15) is 0 Å². The number of aromatic nitrogens is 2. The van der Waals surface area contributed by atoms with Gasteiger partial charge in [-0.05, 0) is 0 Å². The fourth-order valence-electron chi connectivity index (χ4n) is 0.661. The Hall–Kier alpha value is -0.635. The van der Waals surface area contributed by atoms with Crippen molar-refractivity contribution >= 4 is 23.4 Å². The van der Waals surface area contributed by atoms with Gasteiger partial charge in [-0.3, -0.25) is 0 Å². The summed E-state index contributed by atoms with van der Waals surface area (Å²) >= 11 is 1.65. The van der Waals surface area contributed by atoms with Gasteiger partial charge in [0, 0.05) is 0 Å². The van der Waals surface area contributed by atoms with Gasteiger partial charge in [-0.1, -0.05) is 0 Å². The van der Waals surface area contributed by atoms with Gasteiger partial charge in [0.2, 0.25) is 0 Å². The van der Waals surface area contributed by atoms with Gasteiger partial charge in [-0.2, -0.15) is 0 Å². The number of thiazole rings is 1. The quantitative estimate of drug-likeness (QED) is 0.503. The molecular formula is C4H3BN2S. The van der Waals surface area contributed by atoms with E-state index in [2.05, 4.69) is 4.89 Å². The van der Waals surface area contributed by atoms with E-state index in [4.69, 9.17) is 0 Å². The van der Waals surface area contributed by atoms with Crippen LogP contribution >= 0.6 is 11.3 Å². The topological polar surface area (TPSA) is 17.3 Å². The van der Waals surface area contributed by atoms with Crippen LogP contribution in [0.2, 0.25) is 0 Å². The van der Waals surface area contributed by atoms with Gasteiger partial charge < -0.3 is 0 Å². The molecule has 0 unspecified atom stereocenters. The molecule has 0 saturated carbocycles. The Bertz CT molecular complexity index is 235. The molecule has 0 spiro atoms. The van der Waals surface area contributed by atoms with E-state index in [1.165, 1.54) is 0 Å². The molecule has 38 valence electrons. The summed E-state index contributed by atoms with van der Waals surface area (Å²) in [5, 5.41) is 2.02. The molecule has 0 N–H and O–H groups in total. The van der Waals surface area contributed by atoms with Crippen LogP contribution < -0.4 is 0 Å². The summed E-state index contributed by atoms with van der Waals surface area (Å²) in [4.78, 5) is 5.12. The van der Waals surface area contributed by atoms with Gasteiger partial charge in [0.05, 0.1) is 0 Å². The predicted octanol–water partition coefficient (Wildman–Crippen LogP) is 0.734. The van der Waals surface area contributed by atoms with Gasteiger partial charge in [0.15, 0.2) is 0 Å². The van der Waals surface area contributed by atoms with Crippen molar-refractivity contribution in [2.45, 2.75) is 0 Å². The van der Waals surface area contributed by atoms with Crippen LogP contribution in [0.5, 0.6) is 0 Å². The molecule has 0 atom stereocenters. The third-order valence-corrected chi connectivity index (χ3v) is 1.81. The van der Waals surface area contributed by atoms with Crippen molar-refractivity contribution in [3.63, 3.8) is 0 Å². The monoisotopic (exact) mass is 122 g/mol.